The van der Waals surface area contributed by atoms with Crippen LogP contribution in [0.4, 0.5) is 0 Å². The number of esters is 1. The van der Waals surface area contributed by atoms with Crippen molar-refractivity contribution in [2.45, 2.75) is 192 Å². The van der Waals surface area contributed by atoms with Crippen LogP contribution in [0.25, 0.3) is 0 Å². The number of rotatable bonds is 36. The monoisotopic (exact) mass is 789 g/mol. The second-order valence-corrected chi connectivity index (χ2v) is 14.8. The molecule has 9 heteroatoms. The molecule has 4 N–H and O–H groups in total. The standard InChI is InChI=1S/C47H80O9/c1-3-5-7-9-11-13-15-17-18-19-20-21-22-23-24-25-26-28-30-32-34-36-43(49)55-41(40-54-47-46(52)45(51)44(50)42(38-48)56-47)39-53-37-35-33-31-29-27-16-14-12-10-8-6-4-2/h5,7,11,13,17-18,20-21,23-24,26,28,41-42,44-48,50-52H,3-4,6,8-10,12,14-16,19,22,25,27,29-40H2,1-2H3/b7-5-,13-11-,18-17-,21-20-,24-23-,28-26-. The van der Waals surface area contributed by atoms with Crippen molar-refractivity contribution < 1.29 is 44.2 Å². The molecule has 0 aromatic carbocycles. The van der Waals surface area contributed by atoms with Gasteiger partial charge in [-0.1, -0.05) is 157 Å². The van der Waals surface area contributed by atoms with Gasteiger partial charge in [0.15, 0.2) is 6.29 Å². The van der Waals surface area contributed by atoms with E-state index >= 15 is 0 Å². The second kappa shape index (κ2) is 38.2. The summed E-state index contributed by atoms with van der Waals surface area (Å²) in [6.45, 7) is 4.37. The molecule has 56 heavy (non-hydrogen) atoms. The Labute approximate surface area is 340 Å². The molecule has 322 valence electrons. The van der Waals surface area contributed by atoms with Crippen LogP contribution < -0.4 is 0 Å². The Morgan fingerprint density at radius 1 is 0.589 bits per heavy atom. The Bertz CT molecular complexity index is 1080. The van der Waals surface area contributed by atoms with Gasteiger partial charge in [-0.15, -0.1) is 0 Å². The molecule has 9 nitrogen and oxygen atoms in total. The van der Waals surface area contributed by atoms with Crippen molar-refractivity contribution in [1.82, 2.24) is 0 Å². The first-order chi connectivity index (χ1) is 27.4. The molecule has 0 aromatic heterocycles. The molecular formula is C47H80O9. The van der Waals surface area contributed by atoms with E-state index in [1.165, 1.54) is 64.2 Å². The molecule has 0 aliphatic carbocycles. The fourth-order valence-corrected chi connectivity index (χ4v) is 6.20. The highest BCUT2D eigenvalue weighted by atomic mass is 16.7. The van der Waals surface area contributed by atoms with E-state index < -0.39 is 43.4 Å². The first-order valence-corrected chi connectivity index (χ1v) is 22.0. The molecular weight excluding hydrogens is 709 g/mol. The summed E-state index contributed by atoms with van der Waals surface area (Å²) in [5, 5.41) is 40.1. The van der Waals surface area contributed by atoms with Gasteiger partial charge in [0.05, 0.1) is 19.8 Å². The minimum absolute atomic E-state index is 0.125. The molecule has 1 heterocycles. The average molecular weight is 789 g/mol. The van der Waals surface area contributed by atoms with Gasteiger partial charge in [-0.05, 0) is 64.2 Å². The van der Waals surface area contributed by atoms with Crippen LogP contribution in [0.15, 0.2) is 72.9 Å². The maximum absolute atomic E-state index is 12.7. The summed E-state index contributed by atoms with van der Waals surface area (Å²) in [7, 11) is 0. The minimum Gasteiger partial charge on any atom is -0.457 e. The zero-order valence-corrected chi connectivity index (χ0v) is 35.1. The smallest absolute Gasteiger partial charge is 0.306 e. The summed E-state index contributed by atoms with van der Waals surface area (Å²) in [5.74, 6) is -0.357. The van der Waals surface area contributed by atoms with Gasteiger partial charge in [0.1, 0.15) is 30.5 Å². The van der Waals surface area contributed by atoms with Crippen molar-refractivity contribution in [2.24, 2.45) is 0 Å². The molecule has 0 saturated carbocycles. The van der Waals surface area contributed by atoms with Crippen molar-refractivity contribution in [3.63, 3.8) is 0 Å². The Kier molecular flexibility index (Phi) is 35.2. The maximum Gasteiger partial charge on any atom is 0.306 e. The van der Waals surface area contributed by atoms with Crippen LogP contribution in [-0.2, 0) is 23.7 Å². The zero-order valence-electron chi connectivity index (χ0n) is 35.1. The van der Waals surface area contributed by atoms with Gasteiger partial charge in [-0.3, -0.25) is 4.79 Å². The lowest BCUT2D eigenvalue weighted by atomic mass is 9.99. The summed E-state index contributed by atoms with van der Waals surface area (Å²) < 4.78 is 22.7. The maximum atomic E-state index is 12.7. The van der Waals surface area contributed by atoms with E-state index in [1.54, 1.807) is 0 Å². The lowest BCUT2D eigenvalue weighted by molar-refractivity contribution is -0.305. The van der Waals surface area contributed by atoms with Gasteiger partial charge in [-0.25, -0.2) is 0 Å². The number of unbranched alkanes of at least 4 members (excludes halogenated alkanes) is 13. The van der Waals surface area contributed by atoms with Gasteiger partial charge in [0.2, 0.25) is 0 Å². The number of hydrogen-bond acceptors (Lipinski definition) is 9. The molecule has 1 rings (SSSR count). The van der Waals surface area contributed by atoms with E-state index in [0.717, 1.165) is 64.2 Å². The number of aliphatic hydroxyl groups excluding tert-OH is 4. The molecule has 1 fully saturated rings. The van der Waals surface area contributed by atoms with Crippen molar-refractivity contribution in [1.29, 1.82) is 0 Å². The highest BCUT2D eigenvalue weighted by Crippen LogP contribution is 2.22. The van der Waals surface area contributed by atoms with E-state index in [1.807, 2.05) is 0 Å². The minimum atomic E-state index is -1.55. The molecule has 1 aliphatic heterocycles. The first kappa shape index (κ1) is 51.6. The third kappa shape index (κ3) is 28.9. The van der Waals surface area contributed by atoms with Gasteiger partial charge < -0.3 is 39.4 Å². The van der Waals surface area contributed by atoms with Crippen LogP contribution in [0.3, 0.4) is 0 Å². The molecule has 6 unspecified atom stereocenters. The number of ether oxygens (including phenoxy) is 4. The van der Waals surface area contributed by atoms with E-state index in [4.69, 9.17) is 18.9 Å². The van der Waals surface area contributed by atoms with E-state index in [0.29, 0.717) is 13.0 Å². The number of hydrogen-bond donors (Lipinski definition) is 4. The molecule has 0 spiro atoms. The summed E-state index contributed by atoms with van der Waals surface area (Å²) >= 11 is 0. The van der Waals surface area contributed by atoms with Crippen molar-refractivity contribution in [2.75, 3.05) is 26.4 Å². The summed E-state index contributed by atoms with van der Waals surface area (Å²) in [5.41, 5.74) is 0. The van der Waals surface area contributed by atoms with E-state index in [-0.39, 0.29) is 25.6 Å². The van der Waals surface area contributed by atoms with Crippen molar-refractivity contribution in [3.05, 3.63) is 72.9 Å². The Hall–Kier alpha value is -2.37. The van der Waals surface area contributed by atoms with E-state index in [2.05, 4.69) is 86.8 Å². The number of allylic oxidation sites excluding steroid dienone is 12. The molecule has 1 aliphatic rings. The molecule has 0 aromatic rings. The third-order valence-electron chi connectivity index (χ3n) is 9.64. The lowest BCUT2D eigenvalue weighted by Crippen LogP contribution is -2.59. The SMILES string of the molecule is CC/C=C\C/C=C\C/C=C\C/C=C\C/C=C\C/C=C\CCCCC(=O)OC(COCCCCCCCCCCCCCC)COC1OC(CO)C(O)C(O)C1O. The van der Waals surface area contributed by atoms with Gasteiger partial charge >= 0.3 is 5.97 Å². The number of carbonyl (C=O) groups is 1. The van der Waals surface area contributed by atoms with Crippen LogP contribution in [0, 0.1) is 0 Å². The normalized spacial score (nSPS) is 21.3. The Balaban J connectivity index is 2.32. The Morgan fingerprint density at radius 3 is 1.61 bits per heavy atom. The second-order valence-electron chi connectivity index (χ2n) is 14.8. The van der Waals surface area contributed by atoms with Crippen LogP contribution in [0.1, 0.15) is 155 Å². The van der Waals surface area contributed by atoms with Crippen molar-refractivity contribution >= 4 is 5.97 Å². The molecule has 1 saturated heterocycles. The number of carbonyl (C=O) groups excluding carboxylic acids is 1. The van der Waals surface area contributed by atoms with Gasteiger partial charge in [-0.2, -0.15) is 0 Å². The molecule has 0 bridgehead atoms. The first-order valence-electron chi connectivity index (χ1n) is 22.0. The third-order valence-corrected chi connectivity index (χ3v) is 9.64. The van der Waals surface area contributed by atoms with Crippen LogP contribution in [0.2, 0.25) is 0 Å². The van der Waals surface area contributed by atoms with Crippen molar-refractivity contribution in [3.8, 4) is 0 Å². The quantitative estimate of drug-likeness (QED) is 0.0278. The average Bonchev–Trinajstić information content (AvgIpc) is 3.20. The largest absolute Gasteiger partial charge is 0.457 e. The van der Waals surface area contributed by atoms with E-state index in [9.17, 15) is 25.2 Å². The lowest BCUT2D eigenvalue weighted by Gasteiger charge is -2.39. The zero-order chi connectivity index (χ0) is 40.7. The number of aliphatic hydroxyl groups is 4. The van der Waals surface area contributed by atoms with Crippen LogP contribution in [0.5, 0.6) is 0 Å². The topological polar surface area (TPSA) is 135 Å². The fraction of sp³-hybridized carbons (Fsp3) is 0.723. The molecule has 6 atom stereocenters. The highest BCUT2D eigenvalue weighted by molar-refractivity contribution is 5.69. The van der Waals surface area contributed by atoms with Gasteiger partial charge in [0.25, 0.3) is 0 Å². The molecule has 0 radical (unpaired) electrons. The molecule has 0 amide bonds. The van der Waals surface area contributed by atoms with Crippen LogP contribution in [-0.4, -0.2) is 89.6 Å². The summed E-state index contributed by atoms with van der Waals surface area (Å²) in [4.78, 5) is 12.7. The summed E-state index contributed by atoms with van der Waals surface area (Å²) in [6, 6.07) is 0. The van der Waals surface area contributed by atoms with Gasteiger partial charge in [0, 0.05) is 13.0 Å². The van der Waals surface area contributed by atoms with Crippen LogP contribution >= 0.6 is 0 Å². The fourth-order valence-electron chi connectivity index (χ4n) is 6.20. The predicted octanol–water partition coefficient (Wildman–Crippen LogP) is 9.69. The summed E-state index contributed by atoms with van der Waals surface area (Å²) in [6.07, 6.45) is 42.1. The Morgan fingerprint density at radius 2 is 1.09 bits per heavy atom. The highest BCUT2D eigenvalue weighted by Gasteiger charge is 2.44. The predicted molar refractivity (Wildman–Crippen MR) is 228 cm³/mol.